The Hall–Kier alpha value is -1.75. The van der Waals surface area contributed by atoms with Gasteiger partial charge in [0.05, 0.1) is 13.2 Å². The van der Waals surface area contributed by atoms with Gasteiger partial charge in [0, 0.05) is 18.7 Å². The minimum atomic E-state index is 0.0890. The van der Waals surface area contributed by atoms with Gasteiger partial charge in [-0.2, -0.15) is 0 Å². The molecule has 1 aliphatic rings. The molecule has 1 N–H and O–H groups in total. The Labute approximate surface area is 145 Å². The Morgan fingerprint density at radius 3 is 2.46 bits per heavy atom. The van der Waals surface area contributed by atoms with Crippen molar-refractivity contribution in [2.75, 3.05) is 39.9 Å². The van der Waals surface area contributed by atoms with Crippen molar-refractivity contribution in [1.29, 1.82) is 0 Å². The molecule has 0 aliphatic carbocycles. The van der Waals surface area contributed by atoms with Gasteiger partial charge in [0.25, 0.3) is 5.91 Å². The summed E-state index contributed by atoms with van der Waals surface area (Å²) >= 11 is 0. The summed E-state index contributed by atoms with van der Waals surface area (Å²) in [5.41, 5.74) is 0.676. The molecule has 0 unspecified atom stereocenters. The Balaban J connectivity index is 2.00. The molecule has 1 aromatic rings. The predicted molar refractivity (Wildman–Crippen MR) is 96.0 cm³/mol. The van der Waals surface area contributed by atoms with Crippen LogP contribution in [0.5, 0.6) is 11.5 Å². The molecular formula is C19H30N2O3. The van der Waals surface area contributed by atoms with Crippen molar-refractivity contribution in [3.05, 3.63) is 23.8 Å². The average molecular weight is 334 g/mol. The van der Waals surface area contributed by atoms with E-state index in [2.05, 4.69) is 5.32 Å². The molecule has 5 nitrogen and oxygen atoms in total. The summed E-state index contributed by atoms with van der Waals surface area (Å²) < 4.78 is 11.2. The minimum Gasteiger partial charge on any atom is -0.490 e. The molecule has 24 heavy (non-hydrogen) atoms. The summed E-state index contributed by atoms with van der Waals surface area (Å²) in [5, 5.41) is 3.20. The topological polar surface area (TPSA) is 50.8 Å². The summed E-state index contributed by atoms with van der Waals surface area (Å²) in [6.45, 7) is 7.72. The van der Waals surface area contributed by atoms with Gasteiger partial charge in [0.2, 0.25) is 0 Å². The number of carbonyl (C=O) groups excluding carboxylic acids is 1. The van der Waals surface area contributed by atoms with Crippen molar-refractivity contribution in [2.45, 2.75) is 33.1 Å². The fraction of sp³-hybridized carbons (Fsp3) is 0.632. The lowest BCUT2D eigenvalue weighted by Crippen LogP contribution is -2.39. The van der Waals surface area contributed by atoms with Gasteiger partial charge in [-0.3, -0.25) is 4.79 Å². The fourth-order valence-corrected chi connectivity index (χ4v) is 3.14. The minimum absolute atomic E-state index is 0.0890. The van der Waals surface area contributed by atoms with Gasteiger partial charge in [0.1, 0.15) is 0 Å². The Kier molecular flexibility index (Phi) is 7.37. The zero-order valence-corrected chi connectivity index (χ0v) is 15.1. The van der Waals surface area contributed by atoms with E-state index >= 15 is 0 Å². The van der Waals surface area contributed by atoms with E-state index in [9.17, 15) is 4.79 Å². The van der Waals surface area contributed by atoms with Crippen LogP contribution in [0.1, 0.15) is 43.5 Å². The number of ether oxygens (including phenoxy) is 2. The first kappa shape index (κ1) is 18.6. The number of hydrogen-bond donors (Lipinski definition) is 1. The van der Waals surface area contributed by atoms with Gasteiger partial charge in [-0.15, -0.1) is 0 Å². The first-order chi connectivity index (χ1) is 11.7. The molecule has 1 amide bonds. The monoisotopic (exact) mass is 334 g/mol. The quantitative estimate of drug-likeness (QED) is 0.794. The highest BCUT2D eigenvalue weighted by Gasteiger charge is 2.24. The molecule has 0 radical (unpaired) electrons. The molecule has 134 valence electrons. The smallest absolute Gasteiger partial charge is 0.253 e. The second-order valence-electron chi connectivity index (χ2n) is 6.16. The Morgan fingerprint density at radius 2 is 1.83 bits per heavy atom. The van der Waals surface area contributed by atoms with Crippen molar-refractivity contribution in [2.24, 2.45) is 5.92 Å². The maximum atomic E-state index is 12.8. The Bertz CT molecular complexity index is 525. The summed E-state index contributed by atoms with van der Waals surface area (Å²) in [6.07, 6.45) is 3.36. The molecule has 2 rings (SSSR count). The zero-order valence-electron chi connectivity index (χ0n) is 15.1. The van der Waals surface area contributed by atoms with Gasteiger partial charge in [-0.05, 0) is 70.8 Å². The second kappa shape index (κ2) is 9.52. The second-order valence-corrected chi connectivity index (χ2v) is 6.16. The van der Waals surface area contributed by atoms with E-state index in [4.69, 9.17) is 9.47 Å². The van der Waals surface area contributed by atoms with Crippen LogP contribution in [-0.2, 0) is 0 Å². The van der Waals surface area contributed by atoms with Crippen molar-refractivity contribution >= 4 is 5.91 Å². The fourth-order valence-electron chi connectivity index (χ4n) is 3.14. The molecule has 1 aromatic carbocycles. The number of rotatable bonds is 8. The normalized spacial score (nSPS) is 15.4. The highest BCUT2D eigenvalue weighted by Crippen LogP contribution is 2.30. The molecule has 0 atom stereocenters. The summed E-state index contributed by atoms with van der Waals surface area (Å²) in [7, 11) is 1.99. The standard InChI is InChI=1S/C19H30N2O3/c1-4-23-17-7-6-16(14-18(17)24-5-2)19(22)21-12-9-15(10-13-21)8-11-20-3/h6-7,14-15,20H,4-5,8-13H2,1-3H3. The maximum Gasteiger partial charge on any atom is 0.253 e. The number of benzene rings is 1. The highest BCUT2D eigenvalue weighted by atomic mass is 16.5. The third-order valence-electron chi connectivity index (χ3n) is 4.49. The molecule has 1 fully saturated rings. The van der Waals surface area contributed by atoms with Crippen LogP contribution < -0.4 is 14.8 Å². The molecule has 5 heteroatoms. The third kappa shape index (κ3) is 4.87. The van der Waals surface area contributed by atoms with Crippen molar-refractivity contribution in [1.82, 2.24) is 10.2 Å². The molecular weight excluding hydrogens is 304 g/mol. The van der Waals surface area contributed by atoms with Crippen LogP contribution in [0.3, 0.4) is 0 Å². The number of piperidine rings is 1. The molecule has 0 aromatic heterocycles. The summed E-state index contributed by atoms with van der Waals surface area (Å²) in [5.74, 6) is 2.16. The van der Waals surface area contributed by atoms with Gasteiger partial charge >= 0.3 is 0 Å². The van der Waals surface area contributed by atoms with Crippen LogP contribution >= 0.6 is 0 Å². The van der Waals surface area contributed by atoms with E-state index in [1.807, 2.05) is 44.0 Å². The molecule has 1 saturated heterocycles. The number of nitrogens with zero attached hydrogens (tertiary/aromatic N) is 1. The first-order valence-electron chi connectivity index (χ1n) is 9.03. The van der Waals surface area contributed by atoms with Gasteiger partial charge < -0.3 is 19.7 Å². The number of likely N-dealkylation sites (tertiary alicyclic amines) is 1. The van der Waals surface area contributed by atoms with E-state index in [-0.39, 0.29) is 5.91 Å². The van der Waals surface area contributed by atoms with Crippen LogP contribution in [0.4, 0.5) is 0 Å². The molecule has 0 saturated carbocycles. The summed E-state index contributed by atoms with van der Waals surface area (Å²) in [4.78, 5) is 14.7. The van der Waals surface area contributed by atoms with E-state index in [0.717, 1.165) is 38.4 Å². The van der Waals surface area contributed by atoms with Crippen LogP contribution in [0.15, 0.2) is 18.2 Å². The number of hydrogen-bond acceptors (Lipinski definition) is 4. The highest BCUT2D eigenvalue weighted by molar-refractivity contribution is 5.95. The largest absolute Gasteiger partial charge is 0.490 e. The van der Waals surface area contributed by atoms with Crippen LogP contribution in [0.25, 0.3) is 0 Å². The number of nitrogens with one attached hydrogen (secondary N) is 1. The van der Waals surface area contributed by atoms with E-state index in [1.54, 1.807) is 0 Å². The van der Waals surface area contributed by atoms with Crippen LogP contribution in [-0.4, -0.2) is 50.7 Å². The van der Waals surface area contributed by atoms with E-state index < -0.39 is 0 Å². The van der Waals surface area contributed by atoms with Gasteiger partial charge in [-0.1, -0.05) is 0 Å². The predicted octanol–water partition coefficient (Wildman–Crippen LogP) is 2.95. The Morgan fingerprint density at radius 1 is 1.17 bits per heavy atom. The van der Waals surface area contributed by atoms with Crippen LogP contribution in [0, 0.1) is 5.92 Å². The lowest BCUT2D eigenvalue weighted by Gasteiger charge is -2.32. The molecule has 1 aliphatic heterocycles. The lowest BCUT2D eigenvalue weighted by molar-refractivity contribution is 0.0686. The van der Waals surface area contributed by atoms with Gasteiger partial charge in [0.15, 0.2) is 11.5 Å². The SMILES string of the molecule is CCOc1ccc(C(=O)N2CCC(CCNC)CC2)cc1OCC. The zero-order chi connectivity index (χ0) is 17.4. The number of amides is 1. The molecule has 0 spiro atoms. The van der Waals surface area contributed by atoms with Crippen molar-refractivity contribution in [3.8, 4) is 11.5 Å². The summed E-state index contributed by atoms with van der Waals surface area (Å²) in [6, 6.07) is 5.48. The van der Waals surface area contributed by atoms with Crippen molar-refractivity contribution < 1.29 is 14.3 Å². The van der Waals surface area contributed by atoms with E-state index in [1.165, 1.54) is 6.42 Å². The van der Waals surface area contributed by atoms with Crippen molar-refractivity contribution in [3.63, 3.8) is 0 Å². The lowest BCUT2D eigenvalue weighted by atomic mass is 9.93. The molecule has 0 bridgehead atoms. The van der Waals surface area contributed by atoms with E-state index in [0.29, 0.717) is 30.3 Å². The average Bonchev–Trinajstić information content (AvgIpc) is 2.61. The number of carbonyl (C=O) groups is 1. The maximum absolute atomic E-state index is 12.8. The van der Waals surface area contributed by atoms with Crippen LogP contribution in [0.2, 0.25) is 0 Å². The third-order valence-corrected chi connectivity index (χ3v) is 4.49. The van der Waals surface area contributed by atoms with Gasteiger partial charge in [-0.25, -0.2) is 0 Å². The first-order valence-corrected chi connectivity index (χ1v) is 9.03. The molecule has 1 heterocycles.